The predicted octanol–water partition coefficient (Wildman–Crippen LogP) is -1.04. The zero-order valence-electron chi connectivity index (χ0n) is 8.12. The standard InChI is InChI=1S/C9H10N2O5/c12-4-5(9(15)16)11-8(14)7-6(13)2-1-3-10-7/h1-3,5,12-13H,4H2,(H,11,14)(H,15,16). The highest BCUT2D eigenvalue weighted by Gasteiger charge is 2.21. The molecular formula is C9H10N2O5. The Morgan fingerprint density at radius 2 is 2.19 bits per heavy atom. The smallest absolute Gasteiger partial charge is 0.328 e. The molecule has 0 fully saturated rings. The van der Waals surface area contributed by atoms with Gasteiger partial charge >= 0.3 is 5.97 Å². The fourth-order valence-corrected chi connectivity index (χ4v) is 0.984. The number of aromatic hydroxyl groups is 1. The van der Waals surface area contributed by atoms with Crippen LogP contribution >= 0.6 is 0 Å². The summed E-state index contributed by atoms with van der Waals surface area (Å²) in [4.78, 5) is 25.5. The Morgan fingerprint density at radius 3 is 2.69 bits per heavy atom. The van der Waals surface area contributed by atoms with E-state index in [4.69, 9.17) is 10.2 Å². The van der Waals surface area contributed by atoms with E-state index in [2.05, 4.69) is 4.98 Å². The lowest BCUT2D eigenvalue weighted by Crippen LogP contribution is -2.43. The molecule has 0 saturated carbocycles. The fourth-order valence-electron chi connectivity index (χ4n) is 0.984. The van der Waals surface area contributed by atoms with E-state index in [0.717, 1.165) is 0 Å². The second-order valence-corrected chi connectivity index (χ2v) is 2.92. The SMILES string of the molecule is O=C(NC(CO)C(=O)O)c1ncccc1O. The first-order chi connectivity index (χ1) is 7.56. The van der Waals surface area contributed by atoms with Crippen LogP contribution in [-0.2, 0) is 4.79 Å². The Bertz CT molecular complexity index is 407. The van der Waals surface area contributed by atoms with Gasteiger partial charge in [0, 0.05) is 6.20 Å². The number of aliphatic hydroxyl groups excluding tert-OH is 1. The minimum Gasteiger partial charge on any atom is -0.505 e. The van der Waals surface area contributed by atoms with Crippen molar-refractivity contribution in [3.8, 4) is 5.75 Å². The largest absolute Gasteiger partial charge is 0.505 e. The molecule has 0 saturated heterocycles. The number of pyridine rings is 1. The summed E-state index contributed by atoms with van der Waals surface area (Å²) in [6.45, 7) is -0.741. The van der Waals surface area contributed by atoms with Crippen molar-refractivity contribution >= 4 is 11.9 Å². The van der Waals surface area contributed by atoms with E-state index >= 15 is 0 Å². The summed E-state index contributed by atoms with van der Waals surface area (Å²) in [6, 6.07) is 1.25. The van der Waals surface area contributed by atoms with Crippen LogP contribution < -0.4 is 5.32 Å². The molecule has 0 spiro atoms. The normalized spacial score (nSPS) is 11.8. The van der Waals surface area contributed by atoms with E-state index in [9.17, 15) is 14.7 Å². The molecule has 1 heterocycles. The van der Waals surface area contributed by atoms with Crippen LogP contribution in [0.2, 0.25) is 0 Å². The molecule has 1 atom stereocenters. The first-order valence-electron chi connectivity index (χ1n) is 4.34. The number of hydrogen-bond acceptors (Lipinski definition) is 5. The Kier molecular flexibility index (Phi) is 3.78. The number of hydrogen-bond donors (Lipinski definition) is 4. The highest BCUT2D eigenvalue weighted by atomic mass is 16.4. The number of carbonyl (C=O) groups excluding carboxylic acids is 1. The van der Waals surface area contributed by atoms with Gasteiger partial charge < -0.3 is 20.6 Å². The van der Waals surface area contributed by atoms with Gasteiger partial charge in [-0.1, -0.05) is 0 Å². The molecule has 0 aliphatic carbocycles. The van der Waals surface area contributed by atoms with Crippen LogP contribution in [0.1, 0.15) is 10.5 Å². The lowest BCUT2D eigenvalue weighted by Gasteiger charge is -2.11. The fraction of sp³-hybridized carbons (Fsp3) is 0.222. The number of aromatic nitrogens is 1. The van der Waals surface area contributed by atoms with E-state index < -0.39 is 24.5 Å². The number of aliphatic hydroxyl groups is 1. The van der Waals surface area contributed by atoms with Gasteiger partial charge in [0.2, 0.25) is 0 Å². The number of amides is 1. The lowest BCUT2D eigenvalue weighted by molar-refractivity contribution is -0.140. The molecule has 86 valence electrons. The second kappa shape index (κ2) is 5.08. The van der Waals surface area contributed by atoms with Gasteiger partial charge in [0.05, 0.1) is 6.61 Å². The second-order valence-electron chi connectivity index (χ2n) is 2.92. The van der Waals surface area contributed by atoms with Crippen LogP contribution in [0.4, 0.5) is 0 Å². The van der Waals surface area contributed by atoms with E-state index in [1.165, 1.54) is 18.3 Å². The molecule has 7 heteroatoms. The number of carbonyl (C=O) groups is 2. The summed E-state index contributed by atoms with van der Waals surface area (Å²) in [5.41, 5.74) is -0.290. The van der Waals surface area contributed by atoms with Gasteiger partial charge in [-0.05, 0) is 12.1 Å². The number of nitrogens with one attached hydrogen (secondary N) is 1. The molecule has 7 nitrogen and oxygen atoms in total. The van der Waals surface area contributed by atoms with Crippen molar-refractivity contribution in [1.29, 1.82) is 0 Å². The maximum absolute atomic E-state index is 11.4. The van der Waals surface area contributed by atoms with Crippen LogP contribution in [0.3, 0.4) is 0 Å². The molecule has 0 aromatic carbocycles. The minimum absolute atomic E-state index is 0.290. The lowest BCUT2D eigenvalue weighted by atomic mass is 10.2. The summed E-state index contributed by atoms with van der Waals surface area (Å²) < 4.78 is 0. The van der Waals surface area contributed by atoms with Crippen LogP contribution in [-0.4, -0.2) is 44.8 Å². The Morgan fingerprint density at radius 1 is 1.50 bits per heavy atom. The minimum atomic E-state index is -1.42. The van der Waals surface area contributed by atoms with Crippen molar-refractivity contribution in [1.82, 2.24) is 10.3 Å². The molecular weight excluding hydrogens is 216 g/mol. The van der Waals surface area contributed by atoms with Crippen molar-refractivity contribution in [3.63, 3.8) is 0 Å². The van der Waals surface area contributed by atoms with Crippen LogP contribution in [0.5, 0.6) is 5.75 Å². The van der Waals surface area contributed by atoms with Gasteiger partial charge in [-0.25, -0.2) is 9.78 Å². The molecule has 1 aromatic heterocycles. The third kappa shape index (κ3) is 2.67. The van der Waals surface area contributed by atoms with Gasteiger partial charge in [0.1, 0.15) is 5.75 Å². The highest BCUT2D eigenvalue weighted by molar-refractivity contribution is 5.97. The van der Waals surface area contributed by atoms with Crippen molar-refractivity contribution < 1.29 is 24.9 Å². The Balaban J connectivity index is 2.80. The highest BCUT2D eigenvalue weighted by Crippen LogP contribution is 2.12. The zero-order valence-corrected chi connectivity index (χ0v) is 8.12. The van der Waals surface area contributed by atoms with E-state index in [1.54, 1.807) is 0 Å². The van der Waals surface area contributed by atoms with Gasteiger partial charge in [-0.3, -0.25) is 4.79 Å². The van der Waals surface area contributed by atoms with Crippen molar-refractivity contribution in [2.45, 2.75) is 6.04 Å². The molecule has 1 rings (SSSR count). The van der Waals surface area contributed by atoms with Gasteiger partial charge in [-0.2, -0.15) is 0 Å². The van der Waals surface area contributed by atoms with E-state index in [1.807, 2.05) is 5.32 Å². The first-order valence-corrected chi connectivity index (χ1v) is 4.34. The molecule has 1 aromatic rings. The summed E-state index contributed by atoms with van der Waals surface area (Å²) in [7, 11) is 0. The number of rotatable bonds is 4. The molecule has 4 N–H and O–H groups in total. The summed E-state index contributed by atoms with van der Waals surface area (Å²) in [5.74, 6) is -2.59. The van der Waals surface area contributed by atoms with Crippen molar-refractivity contribution in [2.24, 2.45) is 0 Å². The molecule has 1 unspecified atom stereocenters. The monoisotopic (exact) mass is 226 g/mol. The zero-order chi connectivity index (χ0) is 12.1. The van der Waals surface area contributed by atoms with Crippen molar-refractivity contribution in [3.05, 3.63) is 24.0 Å². The molecule has 1 amide bonds. The molecule has 0 aliphatic heterocycles. The van der Waals surface area contributed by atoms with E-state index in [0.29, 0.717) is 0 Å². The maximum atomic E-state index is 11.4. The quantitative estimate of drug-likeness (QED) is 0.520. The number of nitrogens with zero attached hydrogens (tertiary/aromatic N) is 1. The topological polar surface area (TPSA) is 120 Å². The van der Waals surface area contributed by atoms with Crippen LogP contribution in [0, 0.1) is 0 Å². The first kappa shape index (κ1) is 11.9. The average Bonchev–Trinajstić information content (AvgIpc) is 2.25. The molecule has 0 aliphatic rings. The molecule has 16 heavy (non-hydrogen) atoms. The van der Waals surface area contributed by atoms with Crippen LogP contribution in [0.25, 0.3) is 0 Å². The van der Waals surface area contributed by atoms with E-state index in [-0.39, 0.29) is 11.4 Å². The van der Waals surface area contributed by atoms with Gasteiger partial charge in [-0.15, -0.1) is 0 Å². The third-order valence-corrected chi connectivity index (χ3v) is 1.79. The Hall–Kier alpha value is -2.15. The predicted molar refractivity (Wildman–Crippen MR) is 51.9 cm³/mol. The van der Waals surface area contributed by atoms with Gasteiger partial charge in [0.25, 0.3) is 5.91 Å². The van der Waals surface area contributed by atoms with Gasteiger partial charge in [0.15, 0.2) is 11.7 Å². The summed E-state index contributed by atoms with van der Waals surface area (Å²) in [6.07, 6.45) is 1.28. The molecule has 0 bridgehead atoms. The van der Waals surface area contributed by atoms with Crippen molar-refractivity contribution in [2.75, 3.05) is 6.61 Å². The van der Waals surface area contributed by atoms with Crippen LogP contribution in [0.15, 0.2) is 18.3 Å². The number of carboxylic acids is 1. The Labute approximate surface area is 90.4 Å². The number of carboxylic acid groups (broad SMARTS) is 1. The summed E-state index contributed by atoms with van der Waals surface area (Å²) >= 11 is 0. The molecule has 0 radical (unpaired) electrons. The number of aliphatic carboxylic acids is 1. The third-order valence-electron chi connectivity index (χ3n) is 1.79. The average molecular weight is 226 g/mol. The summed E-state index contributed by atoms with van der Waals surface area (Å²) in [5, 5.41) is 28.5. The maximum Gasteiger partial charge on any atom is 0.328 e.